The van der Waals surface area contributed by atoms with Gasteiger partial charge in [-0.25, -0.2) is 0 Å². The summed E-state index contributed by atoms with van der Waals surface area (Å²) in [4.78, 5) is 32.7. The predicted octanol–water partition coefficient (Wildman–Crippen LogP) is 3.74. The number of ether oxygens (including phenoxy) is 1. The van der Waals surface area contributed by atoms with E-state index in [0.29, 0.717) is 10.9 Å². The summed E-state index contributed by atoms with van der Waals surface area (Å²) in [5.41, 5.74) is 4.50. The van der Waals surface area contributed by atoms with E-state index in [1.165, 1.54) is 11.8 Å². The average Bonchev–Trinajstić information content (AvgIpc) is 2.93. The Morgan fingerprint density at radius 2 is 1.77 bits per heavy atom. The molecule has 0 fully saturated rings. The average molecular weight is 366 g/mol. The van der Waals surface area contributed by atoms with Gasteiger partial charge in [0.1, 0.15) is 11.7 Å². The van der Waals surface area contributed by atoms with Crippen LogP contribution in [0, 0.1) is 20.8 Å². The number of aryl methyl sites for hydroxylation is 3. The standard InChI is InChI=1S/C20H18N2O3S/c1-10-7-11(2)16(12(3)8-10)17-18(23)21-20-22(19(17)24)14-6-5-13(25-4)9-15(14)26-20/h5-9,17H,1-4H3. The molecule has 0 spiro atoms. The first-order valence-corrected chi connectivity index (χ1v) is 9.12. The van der Waals surface area contributed by atoms with E-state index >= 15 is 0 Å². The van der Waals surface area contributed by atoms with Crippen molar-refractivity contribution in [3.8, 4) is 5.75 Å². The molecule has 0 saturated carbocycles. The number of anilines is 1. The number of carbonyl (C=O) groups excluding carboxylic acids is 2. The first-order valence-electron chi connectivity index (χ1n) is 8.31. The van der Waals surface area contributed by atoms with Gasteiger partial charge in [-0.2, -0.15) is 4.99 Å². The summed E-state index contributed by atoms with van der Waals surface area (Å²) in [6.07, 6.45) is 0. The van der Waals surface area contributed by atoms with E-state index in [1.54, 1.807) is 12.0 Å². The van der Waals surface area contributed by atoms with Crippen molar-refractivity contribution in [3.05, 3.63) is 52.6 Å². The molecule has 0 aromatic heterocycles. The molecule has 2 aromatic rings. The fraction of sp³-hybridized carbons (Fsp3) is 0.250. The van der Waals surface area contributed by atoms with Gasteiger partial charge in [-0.3, -0.25) is 14.5 Å². The molecule has 132 valence electrons. The Morgan fingerprint density at radius 1 is 1.08 bits per heavy atom. The SMILES string of the molecule is COc1ccc2c(c1)SC1=NC(=O)C(c3c(C)cc(C)cc3C)C(=O)N12. The first kappa shape index (κ1) is 16.8. The molecule has 2 aromatic carbocycles. The van der Waals surface area contributed by atoms with Crippen molar-refractivity contribution in [2.45, 2.75) is 31.6 Å². The number of benzene rings is 2. The van der Waals surface area contributed by atoms with Crippen molar-refractivity contribution in [1.29, 1.82) is 0 Å². The molecule has 0 saturated heterocycles. The second-order valence-electron chi connectivity index (χ2n) is 6.59. The van der Waals surface area contributed by atoms with Gasteiger partial charge in [0, 0.05) is 4.90 Å². The summed E-state index contributed by atoms with van der Waals surface area (Å²) >= 11 is 1.32. The fourth-order valence-electron chi connectivity index (χ4n) is 3.71. The van der Waals surface area contributed by atoms with Crippen LogP contribution in [0.3, 0.4) is 0 Å². The van der Waals surface area contributed by atoms with Gasteiger partial charge in [0.05, 0.1) is 12.8 Å². The second-order valence-corrected chi connectivity index (χ2v) is 7.60. The third kappa shape index (κ3) is 2.44. The lowest BCUT2D eigenvalue weighted by Gasteiger charge is -2.28. The van der Waals surface area contributed by atoms with Crippen molar-refractivity contribution in [3.63, 3.8) is 0 Å². The Labute approximate surface area is 156 Å². The fourth-order valence-corrected chi connectivity index (χ4v) is 4.76. The van der Waals surface area contributed by atoms with Gasteiger partial charge in [-0.15, -0.1) is 0 Å². The minimum absolute atomic E-state index is 0.244. The molecule has 6 heteroatoms. The van der Waals surface area contributed by atoms with Gasteiger partial charge in [0.25, 0.3) is 5.91 Å². The van der Waals surface area contributed by atoms with Crippen molar-refractivity contribution < 1.29 is 14.3 Å². The summed E-state index contributed by atoms with van der Waals surface area (Å²) in [5.74, 6) is -0.833. The topological polar surface area (TPSA) is 59.0 Å². The van der Waals surface area contributed by atoms with Crippen LogP contribution in [0.4, 0.5) is 5.69 Å². The van der Waals surface area contributed by atoms with Crippen molar-refractivity contribution in [2.75, 3.05) is 12.0 Å². The maximum absolute atomic E-state index is 13.3. The molecule has 2 aliphatic rings. The summed E-state index contributed by atoms with van der Waals surface area (Å²) in [6, 6.07) is 9.50. The largest absolute Gasteiger partial charge is 0.497 e. The number of hydrogen-bond donors (Lipinski definition) is 0. The maximum Gasteiger partial charge on any atom is 0.265 e. The third-order valence-corrected chi connectivity index (χ3v) is 5.75. The van der Waals surface area contributed by atoms with Crippen molar-refractivity contribution in [1.82, 2.24) is 0 Å². The Kier molecular flexibility index (Phi) is 3.88. The van der Waals surface area contributed by atoms with Gasteiger partial charge in [-0.1, -0.05) is 17.7 Å². The van der Waals surface area contributed by atoms with Crippen molar-refractivity contribution >= 4 is 34.4 Å². The number of carbonyl (C=O) groups is 2. The van der Waals surface area contributed by atoms with E-state index < -0.39 is 11.8 Å². The van der Waals surface area contributed by atoms with Crippen LogP contribution >= 0.6 is 11.8 Å². The smallest absolute Gasteiger partial charge is 0.265 e. The highest BCUT2D eigenvalue weighted by molar-refractivity contribution is 8.15. The summed E-state index contributed by atoms with van der Waals surface area (Å²) < 4.78 is 5.25. The van der Waals surface area contributed by atoms with E-state index in [0.717, 1.165) is 32.8 Å². The lowest BCUT2D eigenvalue weighted by Crippen LogP contribution is -2.44. The molecule has 0 N–H and O–H groups in total. The quantitative estimate of drug-likeness (QED) is 0.760. The van der Waals surface area contributed by atoms with Crippen LogP contribution in [-0.4, -0.2) is 24.1 Å². The molecule has 1 unspecified atom stereocenters. The monoisotopic (exact) mass is 366 g/mol. The number of amides is 2. The van der Waals surface area contributed by atoms with Crippen LogP contribution in [-0.2, 0) is 9.59 Å². The van der Waals surface area contributed by atoms with Crippen LogP contribution in [0.5, 0.6) is 5.75 Å². The molecule has 4 rings (SSSR count). The van der Waals surface area contributed by atoms with Gasteiger partial charge >= 0.3 is 0 Å². The highest BCUT2D eigenvalue weighted by Gasteiger charge is 2.44. The Hall–Kier alpha value is -2.60. The Bertz CT molecular complexity index is 974. The van der Waals surface area contributed by atoms with Gasteiger partial charge in [0.15, 0.2) is 5.17 Å². The van der Waals surface area contributed by atoms with Gasteiger partial charge in [0.2, 0.25) is 5.91 Å². The van der Waals surface area contributed by atoms with Gasteiger partial charge in [-0.05, 0) is 67.4 Å². The molecule has 5 nitrogen and oxygen atoms in total. The molecule has 2 aliphatic heterocycles. The van der Waals surface area contributed by atoms with E-state index in [1.807, 2.05) is 51.1 Å². The minimum atomic E-state index is -0.895. The lowest BCUT2D eigenvalue weighted by molar-refractivity contribution is -0.128. The number of hydrogen-bond acceptors (Lipinski definition) is 4. The number of fused-ring (bicyclic) bond motifs is 3. The number of amidine groups is 1. The molecule has 26 heavy (non-hydrogen) atoms. The zero-order chi connectivity index (χ0) is 18.6. The van der Waals surface area contributed by atoms with Crippen LogP contribution in [0.25, 0.3) is 0 Å². The maximum atomic E-state index is 13.3. The summed E-state index contributed by atoms with van der Waals surface area (Å²) in [6.45, 7) is 5.88. The number of thioether (sulfide) groups is 1. The molecule has 1 atom stereocenters. The first-order chi connectivity index (χ1) is 12.4. The van der Waals surface area contributed by atoms with E-state index in [-0.39, 0.29) is 5.91 Å². The molecule has 2 heterocycles. The van der Waals surface area contributed by atoms with Crippen molar-refractivity contribution in [2.24, 2.45) is 4.99 Å². The molecule has 0 radical (unpaired) electrons. The zero-order valence-corrected chi connectivity index (χ0v) is 15.8. The number of methoxy groups -OCH3 is 1. The Morgan fingerprint density at radius 3 is 2.42 bits per heavy atom. The summed E-state index contributed by atoms with van der Waals surface area (Å²) in [7, 11) is 1.60. The molecular formula is C20H18N2O3S. The normalized spacial score (nSPS) is 18.5. The number of nitrogens with zero attached hydrogens (tertiary/aromatic N) is 2. The molecule has 2 amide bonds. The predicted molar refractivity (Wildman–Crippen MR) is 102 cm³/mol. The molecular weight excluding hydrogens is 348 g/mol. The summed E-state index contributed by atoms with van der Waals surface area (Å²) in [5, 5.41) is 0.418. The number of aliphatic imine (C=N–C) groups is 1. The van der Waals surface area contributed by atoms with E-state index in [4.69, 9.17) is 4.74 Å². The van der Waals surface area contributed by atoms with E-state index in [2.05, 4.69) is 4.99 Å². The second kappa shape index (κ2) is 5.99. The highest BCUT2D eigenvalue weighted by Crippen LogP contribution is 2.46. The lowest BCUT2D eigenvalue weighted by atomic mass is 9.87. The van der Waals surface area contributed by atoms with Gasteiger partial charge < -0.3 is 4.74 Å². The van der Waals surface area contributed by atoms with Crippen LogP contribution in [0.1, 0.15) is 28.2 Å². The van der Waals surface area contributed by atoms with E-state index in [9.17, 15) is 9.59 Å². The number of rotatable bonds is 2. The highest BCUT2D eigenvalue weighted by atomic mass is 32.2. The third-order valence-electron chi connectivity index (χ3n) is 4.75. The van der Waals surface area contributed by atoms with Crippen LogP contribution < -0.4 is 9.64 Å². The minimum Gasteiger partial charge on any atom is -0.497 e. The van der Waals surface area contributed by atoms with Crippen LogP contribution in [0.2, 0.25) is 0 Å². The zero-order valence-electron chi connectivity index (χ0n) is 15.0. The van der Waals surface area contributed by atoms with Crippen LogP contribution in [0.15, 0.2) is 40.2 Å². The molecule has 0 aliphatic carbocycles. The Balaban J connectivity index is 1.83. The molecule has 0 bridgehead atoms.